The minimum absolute atomic E-state index is 0.915. The molecule has 3 aromatic heterocycles. The van der Waals surface area contributed by atoms with Gasteiger partial charge < -0.3 is 13.4 Å². The highest BCUT2D eigenvalue weighted by Crippen LogP contribution is 2.48. The van der Waals surface area contributed by atoms with Crippen LogP contribution in [0.5, 0.6) is 0 Å². The Bertz CT molecular complexity index is 6900. The molecular formula is C101H64BrNO2. The molecule has 22 rings (SSSR count). The van der Waals surface area contributed by atoms with Crippen LogP contribution in [0.25, 0.3) is 192 Å². The summed E-state index contributed by atoms with van der Waals surface area (Å²) in [6.45, 7) is 0. The van der Waals surface area contributed by atoms with Crippen LogP contribution in [0.4, 0.5) is 0 Å². The molecule has 0 aliphatic heterocycles. The Labute approximate surface area is 615 Å². The zero-order valence-corrected chi connectivity index (χ0v) is 58.7. The molecule has 492 valence electrons. The molecular weight excluding hydrogens is 1340 g/mol. The summed E-state index contributed by atoms with van der Waals surface area (Å²) >= 11 is 3.64. The quantitative estimate of drug-likeness (QED) is 0.149. The Morgan fingerprint density at radius 2 is 0.590 bits per heavy atom. The number of furan rings is 2. The molecule has 0 saturated carbocycles. The highest BCUT2D eigenvalue weighted by atomic mass is 79.9. The Hall–Kier alpha value is -13.1. The molecule has 3 nitrogen and oxygen atoms in total. The average Bonchev–Trinajstić information content (AvgIpc) is 1.73. The summed E-state index contributed by atoms with van der Waals surface area (Å²) in [7, 11) is 0. The molecule has 4 heteroatoms. The lowest BCUT2D eigenvalue weighted by Crippen LogP contribution is -1.95. The molecule has 0 radical (unpaired) electrons. The van der Waals surface area contributed by atoms with Crippen molar-refractivity contribution >= 4 is 125 Å². The van der Waals surface area contributed by atoms with E-state index >= 15 is 0 Å². The van der Waals surface area contributed by atoms with Gasteiger partial charge in [-0.3, -0.25) is 0 Å². The lowest BCUT2D eigenvalue weighted by atomic mass is 9.86. The molecule has 0 N–H and O–H groups in total. The molecule has 0 saturated heterocycles. The van der Waals surface area contributed by atoms with Crippen molar-refractivity contribution in [2.24, 2.45) is 0 Å². The van der Waals surface area contributed by atoms with Crippen molar-refractivity contribution in [2.45, 2.75) is 6.42 Å². The summed E-state index contributed by atoms with van der Waals surface area (Å²) in [5.74, 6) is 0. The maximum atomic E-state index is 6.46. The first-order valence-electron chi connectivity index (χ1n) is 35.9. The van der Waals surface area contributed by atoms with Gasteiger partial charge in [0, 0.05) is 53.6 Å². The first kappa shape index (κ1) is 61.7. The van der Waals surface area contributed by atoms with Crippen LogP contribution in [0, 0.1) is 0 Å². The van der Waals surface area contributed by atoms with Crippen molar-refractivity contribution in [3.8, 4) is 83.6 Å². The molecule has 0 amide bonds. The average molecular weight is 1400 g/mol. The third-order valence-electron chi connectivity index (χ3n) is 21.4. The van der Waals surface area contributed by atoms with Crippen molar-refractivity contribution in [2.75, 3.05) is 0 Å². The van der Waals surface area contributed by atoms with Crippen LogP contribution in [0.1, 0.15) is 11.1 Å². The summed E-state index contributed by atoms with van der Waals surface area (Å²) in [6.07, 6.45) is 1.03. The van der Waals surface area contributed by atoms with Crippen LogP contribution in [0.3, 0.4) is 0 Å². The fraction of sp³-hybridized carbons (Fsp3) is 0.00990. The van der Waals surface area contributed by atoms with Crippen molar-refractivity contribution in [3.05, 3.63) is 392 Å². The van der Waals surface area contributed by atoms with Crippen molar-refractivity contribution in [1.82, 2.24) is 4.57 Å². The lowest BCUT2D eigenvalue weighted by Gasteiger charge is -2.18. The topological polar surface area (TPSA) is 31.2 Å². The minimum Gasteiger partial charge on any atom is -0.455 e. The Morgan fingerprint density at radius 1 is 0.219 bits per heavy atom. The fourth-order valence-electron chi connectivity index (χ4n) is 16.8. The second kappa shape index (κ2) is 25.7. The van der Waals surface area contributed by atoms with Crippen molar-refractivity contribution in [3.63, 3.8) is 0 Å². The first-order chi connectivity index (χ1) is 52.0. The normalized spacial score (nSPS) is 11.8. The molecule has 105 heavy (non-hydrogen) atoms. The number of para-hydroxylation sites is 5. The summed E-state index contributed by atoms with van der Waals surface area (Å²) in [6, 6.07) is 135. The first-order valence-corrected chi connectivity index (χ1v) is 36.7. The van der Waals surface area contributed by atoms with Gasteiger partial charge in [0.2, 0.25) is 0 Å². The predicted octanol–water partition coefficient (Wildman–Crippen LogP) is 28.9. The molecule has 1 aliphatic carbocycles. The number of hydrogen-bond acceptors (Lipinski definition) is 2. The number of halogens is 1. The number of rotatable bonds is 7. The minimum atomic E-state index is 0.915. The molecule has 0 spiro atoms. The monoisotopic (exact) mass is 1400 g/mol. The highest BCUT2D eigenvalue weighted by molar-refractivity contribution is 9.10. The van der Waals surface area contributed by atoms with Gasteiger partial charge in [-0.1, -0.05) is 331 Å². The molecule has 1 aliphatic rings. The van der Waals surface area contributed by atoms with E-state index in [1.54, 1.807) is 0 Å². The number of hydrogen-bond donors (Lipinski definition) is 0. The van der Waals surface area contributed by atoms with Crippen LogP contribution in [-0.2, 0) is 6.42 Å². The van der Waals surface area contributed by atoms with Gasteiger partial charge in [0.05, 0.1) is 11.0 Å². The van der Waals surface area contributed by atoms with Gasteiger partial charge in [-0.2, -0.15) is 0 Å². The van der Waals surface area contributed by atoms with E-state index in [-0.39, 0.29) is 0 Å². The Morgan fingerprint density at radius 3 is 1.12 bits per heavy atom. The summed E-state index contributed by atoms with van der Waals surface area (Å²) in [4.78, 5) is 0. The van der Waals surface area contributed by atoms with E-state index in [1.165, 1.54) is 148 Å². The van der Waals surface area contributed by atoms with E-state index in [1.807, 2.05) is 24.3 Å². The molecule has 0 bridgehead atoms. The maximum absolute atomic E-state index is 6.46. The fourth-order valence-corrected chi connectivity index (χ4v) is 17.2. The third-order valence-corrected chi connectivity index (χ3v) is 21.9. The molecule has 0 fully saturated rings. The van der Waals surface area contributed by atoms with Crippen molar-refractivity contribution in [1.29, 1.82) is 0 Å². The van der Waals surface area contributed by atoms with Gasteiger partial charge in [-0.15, -0.1) is 0 Å². The smallest absolute Gasteiger partial charge is 0.143 e. The van der Waals surface area contributed by atoms with E-state index < -0.39 is 0 Å². The highest BCUT2D eigenvalue weighted by Gasteiger charge is 2.24. The van der Waals surface area contributed by atoms with Gasteiger partial charge in [-0.25, -0.2) is 0 Å². The van der Waals surface area contributed by atoms with Gasteiger partial charge >= 0.3 is 0 Å². The zero-order valence-electron chi connectivity index (χ0n) is 57.1. The number of aromatic nitrogens is 1. The maximum Gasteiger partial charge on any atom is 0.143 e. The van der Waals surface area contributed by atoms with E-state index in [0.29, 0.717) is 0 Å². The van der Waals surface area contributed by atoms with Gasteiger partial charge in [0.1, 0.15) is 22.3 Å². The summed E-state index contributed by atoms with van der Waals surface area (Å²) in [5.41, 5.74) is 27.5. The Kier molecular flexibility index (Phi) is 15.1. The van der Waals surface area contributed by atoms with E-state index in [0.717, 1.165) is 66.4 Å². The van der Waals surface area contributed by atoms with Crippen LogP contribution in [0.2, 0.25) is 0 Å². The van der Waals surface area contributed by atoms with Gasteiger partial charge in [0.25, 0.3) is 0 Å². The van der Waals surface area contributed by atoms with Crippen LogP contribution in [0.15, 0.2) is 389 Å². The number of benzene rings is 18. The Balaban J connectivity index is 0.000000116. The summed E-state index contributed by atoms with van der Waals surface area (Å²) < 4.78 is 16.2. The van der Waals surface area contributed by atoms with E-state index in [2.05, 4.69) is 372 Å². The van der Waals surface area contributed by atoms with Crippen molar-refractivity contribution < 1.29 is 8.83 Å². The molecule has 21 aromatic rings. The molecule has 0 atom stereocenters. The molecule has 18 aromatic carbocycles. The molecule has 3 heterocycles. The van der Waals surface area contributed by atoms with Crippen LogP contribution in [-0.4, -0.2) is 4.57 Å². The third kappa shape index (κ3) is 10.5. The second-order valence-electron chi connectivity index (χ2n) is 27.3. The van der Waals surface area contributed by atoms with Crippen LogP contribution >= 0.6 is 15.9 Å². The van der Waals surface area contributed by atoms with E-state index in [4.69, 9.17) is 8.83 Å². The standard InChI is InChI=1S/C50H31NO.C26H17Br.C25H16O/c1-2-14-32(15-3-1)48-39-20-4-6-22-41(39)49(42-23-7-5-21-40(42)48)34-16-12-17-35(30-34)51-45-26-10-8-18-37(45)44-31-33(28-29-46(44)51)36-24-13-25-43-38-19-9-11-27-47(38)52-50(36)43;27-20-12-8-11-19(17-20)26-23-15-6-4-13-21(23)25(18-9-2-1-3-10-18)22-14-5-7-16-24(22)26;1-2-7-19-16(6-1)14-17-12-13-18(15-23(17)19)20-9-5-10-22-21-8-3-4-11-24(21)26-25(20)22/h1-31H;1-17H;1-13,15H,14H2. The van der Waals surface area contributed by atoms with Crippen LogP contribution < -0.4 is 0 Å². The number of nitrogens with zero attached hydrogens (tertiary/aromatic N) is 1. The lowest BCUT2D eigenvalue weighted by molar-refractivity contribution is 0.669. The van der Waals surface area contributed by atoms with Gasteiger partial charge in [-0.05, 0) is 188 Å². The summed E-state index contributed by atoms with van der Waals surface area (Å²) in [5, 5.41) is 17.3. The second-order valence-corrected chi connectivity index (χ2v) is 28.2. The van der Waals surface area contributed by atoms with E-state index in [9.17, 15) is 0 Å². The SMILES string of the molecule is Brc1cccc(-c2c3ccccc3c(-c3ccccc3)c3ccccc23)c1.c1ccc(-c2c3ccccc3c(-c3cccc(-n4c5ccccc5c5cc(-c6cccc7c6oc6ccccc67)ccc54)c3)c3ccccc23)cc1.c1ccc2c(c1)Cc1ccc(-c3cccc4c3oc3ccccc34)cc1-2. The predicted molar refractivity (Wildman–Crippen MR) is 447 cm³/mol. The molecule has 0 unspecified atom stereocenters. The number of fused-ring (bicyclic) bond motifs is 16. The zero-order chi connectivity index (χ0) is 69.5. The van der Waals surface area contributed by atoms with Gasteiger partial charge in [0.15, 0.2) is 0 Å². The largest absolute Gasteiger partial charge is 0.455 e.